The predicted molar refractivity (Wildman–Crippen MR) is 84.4 cm³/mol. The highest BCUT2D eigenvalue weighted by Crippen LogP contribution is 2.43. The lowest BCUT2D eigenvalue weighted by atomic mass is 9.89. The molecule has 0 aromatic carbocycles. The van der Waals surface area contributed by atoms with Crippen molar-refractivity contribution in [3.63, 3.8) is 0 Å². The minimum atomic E-state index is -1.19. The van der Waals surface area contributed by atoms with Crippen molar-refractivity contribution < 1.29 is 9.28 Å². The van der Waals surface area contributed by atoms with E-state index >= 15 is 0 Å². The Bertz CT molecular complexity index is 845. The molecule has 7 nitrogen and oxygen atoms in total. The van der Waals surface area contributed by atoms with Crippen LogP contribution < -0.4 is 10.9 Å². The van der Waals surface area contributed by atoms with Gasteiger partial charge in [0.25, 0.3) is 5.56 Å². The highest BCUT2D eigenvalue weighted by atomic mass is 19.2. The summed E-state index contributed by atoms with van der Waals surface area (Å²) in [4.78, 5) is 33.0. The zero-order valence-electron chi connectivity index (χ0n) is 12.9. The second-order valence-corrected chi connectivity index (χ2v) is 6.12. The van der Waals surface area contributed by atoms with Gasteiger partial charge in [-0.2, -0.15) is 0 Å². The van der Waals surface area contributed by atoms with Gasteiger partial charge < -0.3 is 5.32 Å². The first-order valence-electron chi connectivity index (χ1n) is 7.93. The summed E-state index contributed by atoms with van der Waals surface area (Å²) < 4.78 is 16.0. The molecule has 0 unspecified atom stereocenters. The summed E-state index contributed by atoms with van der Waals surface area (Å²) in [5.74, 6) is -0.288. The number of hydrogen-bond acceptors (Lipinski definition) is 5. The van der Waals surface area contributed by atoms with Crippen LogP contribution in [0.25, 0.3) is 0 Å². The predicted octanol–water partition coefficient (Wildman–Crippen LogP) is 2.34. The van der Waals surface area contributed by atoms with E-state index in [1.807, 2.05) is 0 Å². The van der Waals surface area contributed by atoms with Crippen molar-refractivity contribution in [2.24, 2.45) is 0 Å². The monoisotopic (exact) mass is 329 g/mol. The van der Waals surface area contributed by atoms with Crippen LogP contribution in [-0.2, 0) is 5.66 Å². The summed E-state index contributed by atoms with van der Waals surface area (Å²) in [7, 11) is 0. The number of carbonyl (C=O) groups is 1. The molecule has 2 aliphatic rings. The zero-order chi connectivity index (χ0) is 16.7. The number of nitrogens with zero attached hydrogens (tertiary/aromatic N) is 4. The van der Waals surface area contributed by atoms with Crippen LogP contribution in [0.3, 0.4) is 0 Å². The van der Waals surface area contributed by atoms with E-state index in [9.17, 15) is 14.1 Å². The molecule has 3 heterocycles. The van der Waals surface area contributed by atoms with Crippen LogP contribution in [0.2, 0.25) is 0 Å². The van der Waals surface area contributed by atoms with E-state index in [1.165, 1.54) is 23.0 Å². The van der Waals surface area contributed by atoms with Gasteiger partial charge in [-0.05, 0) is 43.9 Å². The molecule has 1 amide bonds. The topological polar surface area (TPSA) is 80.1 Å². The second-order valence-electron chi connectivity index (χ2n) is 6.12. The molecular weight excluding hydrogens is 313 g/mol. The number of halogens is 1. The minimum absolute atomic E-state index is 0.0950. The number of amides is 1. The Hall–Kier alpha value is -2.77. The molecule has 0 radical (unpaired) electrons. The van der Waals surface area contributed by atoms with E-state index in [0.717, 1.165) is 19.3 Å². The summed E-state index contributed by atoms with van der Waals surface area (Å²) in [6.45, 7) is 0. The van der Waals surface area contributed by atoms with Gasteiger partial charge in [-0.1, -0.05) is 10.9 Å². The van der Waals surface area contributed by atoms with Crippen LogP contribution in [0.5, 0.6) is 0 Å². The molecule has 2 aromatic heterocycles. The van der Waals surface area contributed by atoms with Crippen LogP contribution in [0.15, 0.2) is 35.5 Å². The average molecular weight is 329 g/mol. The van der Waals surface area contributed by atoms with Crippen molar-refractivity contribution in [2.45, 2.75) is 37.8 Å². The lowest BCUT2D eigenvalue weighted by Gasteiger charge is -2.37. The van der Waals surface area contributed by atoms with Crippen molar-refractivity contribution >= 4 is 17.4 Å². The third-order valence-electron chi connectivity index (χ3n) is 4.76. The first-order valence-corrected chi connectivity index (χ1v) is 7.93. The van der Waals surface area contributed by atoms with Crippen LogP contribution >= 0.6 is 0 Å². The number of carbonyl (C=O) groups excluding carboxylic acids is 1. The standard InChI is InChI=1S/C16H16FN5O2/c17-22-15(24)12-5-4-11(20-13-6-9-18-10-19-13)14(23)21(12)16(22)7-2-1-3-8-16/h4-6,9-10H,1-3,7-8H2,(H,18,19,20). The second kappa shape index (κ2) is 5.40. The van der Waals surface area contributed by atoms with Crippen LogP contribution in [0.4, 0.5) is 16.0 Å². The van der Waals surface area contributed by atoms with E-state index < -0.39 is 17.1 Å². The molecule has 0 atom stereocenters. The maximum absolute atomic E-state index is 14.7. The van der Waals surface area contributed by atoms with Crippen molar-refractivity contribution in [1.82, 2.24) is 19.7 Å². The van der Waals surface area contributed by atoms with Gasteiger partial charge in [0.05, 0.1) is 0 Å². The number of nitrogens with one attached hydrogen (secondary N) is 1. The van der Waals surface area contributed by atoms with Crippen LogP contribution in [0, 0.1) is 0 Å². The summed E-state index contributed by atoms with van der Waals surface area (Å²) in [6.07, 6.45) is 6.34. The van der Waals surface area contributed by atoms with Crippen molar-refractivity contribution in [1.29, 1.82) is 0 Å². The fourth-order valence-electron chi connectivity index (χ4n) is 3.63. The Kier molecular flexibility index (Phi) is 3.33. The molecule has 24 heavy (non-hydrogen) atoms. The Balaban J connectivity index is 1.83. The van der Waals surface area contributed by atoms with Gasteiger partial charge in [0, 0.05) is 6.20 Å². The molecule has 1 aliphatic heterocycles. The maximum atomic E-state index is 14.7. The van der Waals surface area contributed by atoms with E-state index in [0.29, 0.717) is 18.7 Å². The van der Waals surface area contributed by atoms with Crippen LogP contribution in [-0.4, -0.2) is 25.6 Å². The van der Waals surface area contributed by atoms with Gasteiger partial charge in [0.2, 0.25) is 0 Å². The smallest absolute Gasteiger partial charge is 0.300 e. The highest BCUT2D eigenvalue weighted by molar-refractivity contribution is 5.94. The molecule has 2 aromatic rings. The molecular formula is C16H16FN5O2. The number of rotatable bonds is 2. The Morgan fingerprint density at radius 3 is 2.62 bits per heavy atom. The fraction of sp³-hybridized carbons (Fsp3) is 0.375. The third-order valence-corrected chi connectivity index (χ3v) is 4.76. The first-order chi connectivity index (χ1) is 11.6. The Morgan fingerprint density at radius 2 is 1.92 bits per heavy atom. The Morgan fingerprint density at radius 1 is 1.12 bits per heavy atom. The molecule has 124 valence electrons. The van der Waals surface area contributed by atoms with Gasteiger partial charge in [-0.3, -0.25) is 14.2 Å². The van der Waals surface area contributed by atoms with Crippen LogP contribution in [0.1, 0.15) is 42.6 Å². The lowest BCUT2D eigenvalue weighted by molar-refractivity contribution is -0.0960. The molecule has 1 saturated carbocycles. The van der Waals surface area contributed by atoms with E-state index in [4.69, 9.17) is 0 Å². The number of pyridine rings is 1. The molecule has 4 rings (SSSR count). The van der Waals surface area contributed by atoms with E-state index in [1.54, 1.807) is 12.3 Å². The Labute approximate surface area is 137 Å². The quantitative estimate of drug-likeness (QED) is 0.856. The summed E-state index contributed by atoms with van der Waals surface area (Å²) in [5, 5.41) is 3.16. The molecule has 0 saturated heterocycles. The molecule has 1 N–H and O–H groups in total. The average Bonchev–Trinajstić information content (AvgIpc) is 2.82. The van der Waals surface area contributed by atoms with Crippen molar-refractivity contribution in [3.8, 4) is 0 Å². The van der Waals surface area contributed by atoms with Gasteiger partial charge in [0.15, 0.2) is 5.66 Å². The molecule has 1 aliphatic carbocycles. The van der Waals surface area contributed by atoms with Crippen molar-refractivity contribution in [3.05, 3.63) is 46.8 Å². The van der Waals surface area contributed by atoms with E-state index in [-0.39, 0.29) is 16.5 Å². The number of hydrogen-bond donors (Lipinski definition) is 1. The number of aromatic nitrogens is 3. The van der Waals surface area contributed by atoms with Gasteiger partial charge in [-0.25, -0.2) is 9.97 Å². The molecule has 1 spiro atoms. The normalized spacial score (nSPS) is 18.7. The van der Waals surface area contributed by atoms with E-state index in [2.05, 4.69) is 15.3 Å². The van der Waals surface area contributed by atoms with Gasteiger partial charge in [-0.15, -0.1) is 5.12 Å². The van der Waals surface area contributed by atoms with Gasteiger partial charge in [0.1, 0.15) is 23.5 Å². The molecule has 1 fully saturated rings. The van der Waals surface area contributed by atoms with Gasteiger partial charge >= 0.3 is 5.91 Å². The largest absolute Gasteiger partial charge is 0.336 e. The SMILES string of the molecule is O=C1c2ccc(Nc3ccncn3)c(=O)n2C2(CCCCC2)N1F. The van der Waals surface area contributed by atoms with Crippen molar-refractivity contribution in [2.75, 3.05) is 5.32 Å². The molecule has 0 bridgehead atoms. The summed E-state index contributed by atoms with van der Waals surface area (Å²) in [6, 6.07) is 4.60. The highest BCUT2D eigenvalue weighted by Gasteiger charge is 2.52. The lowest BCUT2D eigenvalue weighted by Crippen LogP contribution is -2.48. The summed E-state index contributed by atoms with van der Waals surface area (Å²) >= 11 is 0. The first kappa shape index (κ1) is 14.8. The summed E-state index contributed by atoms with van der Waals surface area (Å²) in [5.41, 5.74) is -1.25. The third kappa shape index (κ3) is 2.02. The minimum Gasteiger partial charge on any atom is -0.336 e. The fourth-order valence-corrected chi connectivity index (χ4v) is 3.63. The number of anilines is 2. The maximum Gasteiger partial charge on any atom is 0.300 e. The number of fused-ring (bicyclic) bond motifs is 2. The molecule has 8 heteroatoms. The zero-order valence-corrected chi connectivity index (χ0v) is 12.9.